The van der Waals surface area contributed by atoms with Crippen molar-refractivity contribution in [2.24, 2.45) is 0 Å². The molecule has 1 aromatic heterocycles. The molecule has 2 heterocycles. The van der Waals surface area contributed by atoms with E-state index in [4.69, 9.17) is 0 Å². The minimum Gasteiger partial charge on any atom is -0.314 e. The summed E-state index contributed by atoms with van der Waals surface area (Å²) in [5.74, 6) is 0.195. The second-order valence-electron chi connectivity index (χ2n) is 4.37. The van der Waals surface area contributed by atoms with E-state index in [1.54, 1.807) is 11.4 Å². The summed E-state index contributed by atoms with van der Waals surface area (Å²) in [5.41, 5.74) is 0.673. The standard InChI is InChI=1S/C11H18N2O2S2/c14-17(15,13-11-4-7-16-9-11)8-5-10-3-1-2-6-12-10/h4,7,9-10,12-13H,1-3,5-6,8H2. The van der Waals surface area contributed by atoms with Crippen LogP contribution >= 0.6 is 11.3 Å². The summed E-state index contributed by atoms with van der Waals surface area (Å²) in [6.45, 7) is 1.02. The highest BCUT2D eigenvalue weighted by Crippen LogP contribution is 2.15. The summed E-state index contributed by atoms with van der Waals surface area (Å²) < 4.78 is 26.2. The maximum absolute atomic E-state index is 11.8. The molecule has 1 fully saturated rings. The van der Waals surface area contributed by atoms with Gasteiger partial charge in [-0.05, 0) is 37.3 Å². The normalized spacial score (nSPS) is 21.3. The molecule has 4 nitrogen and oxygen atoms in total. The Bertz CT molecular complexity index is 422. The monoisotopic (exact) mass is 274 g/mol. The fraction of sp³-hybridized carbons (Fsp3) is 0.636. The number of sulfonamides is 1. The van der Waals surface area contributed by atoms with Gasteiger partial charge in [-0.15, -0.1) is 0 Å². The molecule has 6 heteroatoms. The van der Waals surface area contributed by atoms with Crippen molar-refractivity contribution in [1.82, 2.24) is 5.32 Å². The molecule has 1 saturated heterocycles. The van der Waals surface area contributed by atoms with E-state index in [0.29, 0.717) is 18.2 Å². The molecule has 17 heavy (non-hydrogen) atoms. The first-order valence-electron chi connectivity index (χ1n) is 5.92. The molecule has 1 atom stereocenters. The molecule has 0 amide bonds. The van der Waals surface area contributed by atoms with Crippen molar-refractivity contribution in [3.8, 4) is 0 Å². The van der Waals surface area contributed by atoms with E-state index in [1.165, 1.54) is 24.2 Å². The highest BCUT2D eigenvalue weighted by Gasteiger charge is 2.17. The molecule has 1 unspecified atom stereocenters. The number of rotatable bonds is 5. The van der Waals surface area contributed by atoms with Crippen molar-refractivity contribution < 1.29 is 8.42 Å². The Labute approximate surface area is 106 Å². The van der Waals surface area contributed by atoms with Gasteiger partial charge in [0.2, 0.25) is 10.0 Å². The molecule has 1 aliphatic rings. The minimum atomic E-state index is -3.19. The topological polar surface area (TPSA) is 58.2 Å². The van der Waals surface area contributed by atoms with Crippen LogP contribution in [0.2, 0.25) is 0 Å². The van der Waals surface area contributed by atoms with Crippen molar-refractivity contribution in [2.75, 3.05) is 17.0 Å². The molecule has 2 rings (SSSR count). The lowest BCUT2D eigenvalue weighted by Gasteiger charge is -2.23. The molecule has 2 N–H and O–H groups in total. The third-order valence-corrected chi connectivity index (χ3v) is 4.95. The van der Waals surface area contributed by atoms with Crippen LogP contribution in [0.4, 0.5) is 5.69 Å². The third kappa shape index (κ3) is 4.29. The van der Waals surface area contributed by atoms with Crippen LogP contribution in [-0.2, 0) is 10.0 Å². The van der Waals surface area contributed by atoms with Gasteiger partial charge in [-0.1, -0.05) is 6.42 Å². The van der Waals surface area contributed by atoms with E-state index in [9.17, 15) is 8.42 Å². The number of piperidine rings is 1. The molecule has 0 aromatic carbocycles. The minimum absolute atomic E-state index is 0.195. The van der Waals surface area contributed by atoms with E-state index in [2.05, 4.69) is 10.0 Å². The van der Waals surface area contributed by atoms with Gasteiger partial charge in [-0.25, -0.2) is 8.42 Å². The van der Waals surface area contributed by atoms with Crippen LogP contribution in [0.1, 0.15) is 25.7 Å². The largest absolute Gasteiger partial charge is 0.314 e. The molecule has 96 valence electrons. The van der Waals surface area contributed by atoms with Gasteiger partial charge in [0.15, 0.2) is 0 Å². The SMILES string of the molecule is O=S(=O)(CCC1CCCCN1)Nc1ccsc1. The lowest BCUT2D eigenvalue weighted by molar-refractivity contribution is 0.393. The van der Waals surface area contributed by atoms with Gasteiger partial charge in [0.05, 0.1) is 11.4 Å². The zero-order chi connectivity index (χ0) is 12.1. The Morgan fingerprint density at radius 3 is 3.00 bits per heavy atom. The summed E-state index contributed by atoms with van der Waals surface area (Å²) in [6.07, 6.45) is 4.19. The van der Waals surface area contributed by atoms with Crippen LogP contribution in [0.15, 0.2) is 16.8 Å². The van der Waals surface area contributed by atoms with E-state index in [1.807, 2.05) is 5.38 Å². The van der Waals surface area contributed by atoms with Gasteiger partial charge in [0.25, 0.3) is 0 Å². The van der Waals surface area contributed by atoms with E-state index >= 15 is 0 Å². The second-order valence-corrected chi connectivity index (χ2v) is 6.99. The van der Waals surface area contributed by atoms with Crippen molar-refractivity contribution in [2.45, 2.75) is 31.7 Å². The Balaban J connectivity index is 1.80. The number of hydrogen-bond donors (Lipinski definition) is 2. The average molecular weight is 274 g/mol. The fourth-order valence-corrected chi connectivity index (χ4v) is 3.87. The number of thiophene rings is 1. The van der Waals surface area contributed by atoms with E-state index in [0.717, 1.165) is 13.0 Å². The van der Waals surface area contributed by atoms with Gasteiger partial charge < -0.3 is 5.32 Å². The van der Waals surface area contributed by atoms with Crippen LogP contribution in [0.3, 0.4) is 0 Å². The Hall–Kier alpha value is -0.590. The van der Waals surface area contributed by atoms with Crippen LogP contribution in [0.25, 0.3) is 0 Å². The van der Waals surface area contributed by atoms with Crippen LogP contribution in [0, 0.1) is 0 Å². The molecule has 0 saturated carbocycles. The number of hydrogen-bond acceptors (Lipinski definition) is 4. The summed E-state index contributed by atoms with van der Waals surface area (Å²) in [5, 5.41) is 7.02. The van der Waals surface area contributed by atoms with Crippen molar-refractivity contribution >= 4 is 27.0 Å². The number of anilines is 1. The molecular weight excluding hydrogens is 256 g/mol. The third-order valence-electron chi connectivity index (χ3n) is 2.94. The maximum atomic E-state index is 11.8. The van der Waals surface area contributed by atoms with Crippen LogP contribution in [-0.4, -0.2) is 26.8 Å². The second kappa shape index (κ2) is 5.84. The first-order chi connectivity index (χ1) is 8.16. The summed E-state index contributed by atoms with van der Waals surface area (Å²) in [4.78, 5) is 0. The summed E-state index contributed by atoms with van der Waals surface area (Å²) >= 11 is 1.49. The predicted molar refractivity (Wildman–Crippen MR) is 72.0 cm³/mol. The summed E-state index contributed by atoms with van der Waals surface area (Å²) in [6, 6.07) is 2.14. The molecular formula is C11H18N2O2S2. The molecule has 1 aliphatic heterocycles. The lowest BCUT2D eigenvalue weighted by Crippen LogP contribution is -2.36. The van der Waals surface area contributed by atoms with Crippen LogP contribution in [0.5, 0.6) is 0 Å². The molecule has 0 radical (unpaired) electrons. The smallest absolute Gasteiger partial charge is 0.232 e. The highest BCUT2D eigenvalue weighted by atomic mass is 32.2. The van der Waals surface area contributed by atoms with Crippen LogP contribution < -0.4 is 10.0 Å². The van der Waals surface area contributed by atoms with E-state index in [-0.39, 0.29) is 5.75 Å². The zero-order valence-electron chi connectivity index (χ0n) is 9.69. The van der Waals surface area contributed by atoms with Crippen molar-refractivity contribution in [3.05, 3.63) is 16.8 Å². The quantitative estimate of drug-likeness (QED) is 0.863. The Kier molecular flexibility index (Phi) is 4.42. The van der Waals surface area contributed by atoms with Gasteiger partial charge >= 0.3 is 0 Å². The van der Waals surface area contributed by atoms with Gasteiger partial charge in [0.1, 0.15) is 0 Å². The molecule has 0 bridgehead atoms. The predicted octanol–water partition coefficient (Wildman–Crippen LogP) is 2.02. The Morgan fingerprint density at radius 1 is 1.47 bits per heavy atom. The highest BCUT2D eigenvalue weighted by molar-refractivity contribution is 7.92. The zero-order valence-corrected chi connectivity index (χ0v) is 11.3. The van der Waals surface area contributed by atoms with Gasteiger partial charge in [-0.2, -0.15) is 11.3 Å². The maximum Gasteiger partial charge on any atom is 0.232 e. The fourth-order valence-electron chi connectivity index (χ4n) is 2.02. The molecule has 1 aromatic rings. The lowest BCUT2D eigenvalue weighted by atomic mass is 10.0. The van der Waals surface area contributed by atoms with E-state index < -0.39 is 10.0 Å². The van der Waals surface area contributed by atoms with Crippen molar-refractivity contribution in [3.63, 3.8) is 0 Å². The average Bonchev–Trinajstić information content (AvgIpc) is 2.80. The van der Waals surface area contributed by atoms with Crippen molar-refractivity contribution in [1.29, 1.82) is 0 Å². The Morgan fingerprint density at radius 2 is 2.35 bits per heavy atom. The summed E-state index contributed by atoms with van der Waals surface area (Å²) in [7, 11) is -3.19. The number of nitrogens with one attached hydrogen (secondary N) is 2. The first-order valence-corrected chi connectivity index (χ1v) is 8.51. The first kappa shape index (κ1) is 12.9. The molecule has 0 aliphatic carbocycles. The van der Waals surface area contributed by atoms with Gasteiger partial charge in [0, 0.05) is 11.4 Å². The molecule has 0 spiro atoms. The van der Waals surface area contributed by atoms with Gasteiger partial charge in [-0.3, -0.25) is 4.72 Å².